The van der Waals surface area contributed by atoms with Crippen LogP contribution < -0.4 is 4.90 Å². The monoisotopic (exact) mass is 477 g/mol. The molecular weight excluding hydrogens is 458 g/mol. The third-order valence-corrected chi connectivity index (χ3v) is 6.96. The number of anilines is 3. The lowest BCUT2D eigenvalue weighted by Gasteiger charge is -2.25. The minimum absolute atomic E-state index is 0.615. The number of rotatable bonds is 3. The van der Waals surface area contributed by atoms with Gasteiger partial charge in [-0.15, -0.1) is 0 Å². The Balaban J connectivity index is 1.44. The van der Waals surface area contributed by atoms with Crippen LogP contribution >= 0.6 is 0 Å². The molecule has 0 unspecified atom stereocenters. The van der Waals surface area contributed by atoms with Crippen molar-refractivity contribution in [2.75, 3.05) is 4.90 Å². The average molecular weight is 478 g/mol. The van der Waals surface area contributed by atoms with Gasteiger partial charge in [0.15, 0.2) is 0 Å². The fourth-order valence-corrected chi connectivity index (χ4v) is 5.27. The number of benzene rings is 4. The first-order chi connectivity index (χ1) is 18.3. The van der Waals surface area contributed by atoms with Crippen LogP contribution in [-0.2, 0) is 0 Å². The van der Waals surface area contributed by atoms with Crippen molar-refractivity contribution < 1.29 is 8.83 Å². The molecule has 0 fully saturated rings. The van der Waals surface area contributed by atoms with E-state index < -0.39 is 0 Å². The van der Waals surface area contributed by atoms with E-state index in [9.17, 15) is 0 Å². The summed E-state index contributed by atoms with van der Waals surface area (Å²) in [6.07, 6.45) is 3.66. The standard InChI is InChI=1S/C32H19N3O2/c1-2-8-21-17-22(15-14-20(21)7-1)35(26-11-5-13-28-31(26)24-10-6-16-33-32(24)37-28)30-18-29-25(19-34-30)23-9-3-4-12-27(23)36-29/h1-19H. The molecule has 0 amide bonds. The van der Waals surface area contributed by atoms with Crippen LogP contribution in [0.1, 0.15) is 0 Å². The highest BCUT2D eigenvalue weighted by atomic mass is 16.3. The molecule has 4 heterocycles. The van der Waals surface area contributed by atoms with Gasteiger partial charge in [0.05, 0.1) is 16.5 Å². The van der Waals surface area contributed by atoms with Gasteiger partial charge in [-0.05, 0) is 53.2 Å². The minimum Gasteiger partial charge on any atom is -0.456 e. The quantitative estimate of drug-likeness (QED) is 0.254. The predicted octanol–water partition coefficient (Wildman–Crippen LogP) is 8.90. The Morgan fingerprint density at radius 1 is 0.568 bits per heavy atom. The molecule has 37 heavy (non-hydrogen) atoms. The maximum absolute atomic E-state index is 6.23. The van der Waals surface area contributed by atoms with Crippen LogP contribution in [0.4, 0.5) is 17.2 Å². The number of hydrogen-bond acceptors (Lipinski definition) is 5. The Kier molecular flexibility index (Phi) is 4.16. The zero-order chi connectivity index (χ0) is 24.3. The molecule has 0 aliphatic carbocycles. The number of furan rings is 2. The molecule has 0 radical (unpaired) electrons. The highest BCUT2D eigenvalue weighted by Gasteiger charge is 2.21. The molecule has 4 aromatic heterocycles. The maximum Gasteiger partial charge on any atom is 0.227 e. The molecule has 0 aliphatic heterocycles. The highest BCUT2D eigenvalue weighted by molar-refractivity contribution is 6.13. The molecule has 5 nitrogen and oxygen atoms in total. The molecule has 0 atom stereocenters. The summed E-state index contributed by atoms with van der Waals surface area (Å²) < 4.78 is 12.4. The van der Waals surface area contributed by atoms with Crippen molar-refractivity contribution in [2.45, 2.75) is 0 Å². The van der Waals surface area contributed by atoms with E-state index in [-0.39, 0.29) is 0 Å². The van der Waals surface area contributed by atoms with E-state index in [1.165, 1.54) is 5.39 Å². The molecular formula is C32H19N3O2. The topological polar surface area (TPSA) is 55.3 Å². The van der Waals surface area contributed by atoms with Crippen LogP contribution in [0, 0.1) is 0 Å². The van der Waals surface area contributed by atoms with Gasteiger partial charge in [-0.2, -0.15) is 0 Å². The van der Waals surface area contributed by atoms with Gasteiger partial charge in [0.25, 0.3) is 0 Å². The van der Waals surface area contributed by atoms with Gasteiger partial charge in [-0.25, -0.2) is 9.97 Å². The summed E-state index contributed by atoms with van der Waals surface area (Å²) in [5.74, 6) is 0.757. The van der Waals surface area contributed by atoms with Gasteiger partial charge in [0.2, 0.25) is 5.71 Å². The van der Waals surface area contributed by atoms with Gasteiger partial charge in [-0.3, -0.25) is 4.90 Å². The van der Waals surface area contributed by atoms with E-state index in [1.54, 1.807) is 6.20 Å². The second kappa shape index (κ2) is 7.67. The normalized spacial score (nSPS) is 11.8. The van der Waals surface area contributed by atoms with Crippen LogP contribution in [0.5, 0.6) is 0 Å². The van der Waals surface area contributed by atoms with Crippen molar-refractivity contribution in [3.05, 3.63) is 116 Å². The number of pyridine rings is 2. The van der Waals surface area contributed by atoms with Crippen LogP contribution in [0.2, 0.25) is 0 Å². The fraction of sp³-hybridized carbons (Fsp3) is 0. The van der Waals surface area contributed by atoms with Crippen molar-refractivity contribution in [1.82, 2.24) is 9.97 Å². The lowest BCUT2D eigenvalue weighted by atomic mass is 10.1. The van der Waals surface area contributed by atoms with Gasteiger partial charge in [-0.1, -0.05) is 54.6 Å². The fourth-order valence-electron chi connectivity index (χ4n) is 5.27. The first-order valence-corrected chi connectivity index (χ1v) is 12.2. The molecule has 8 aromatic rings. The maximum atomic E-state index is 6.23. The molecule has 4 aromatic carbocycles. The van der Waals surface area contributed by atoms with Crippen LogP contribution in [-0.4, -0.2) is 9.97 Å². The lowest BCUT2D eigenvalue weighted by molar-refractivity contribution is 0.654. The Hall–Kier alpha value is -5.16. The summed E-state index contributed by atoms with van der Waals surface area (Å²) in [4.78, 5) is 11.6. The number of para-hydroxylation sites is 1. The molecule has 174 valence electrons. The van der Waals surface area contributed by atoms with E-state index in [1.807, 2.05) is 54.7 Å². The number of fused-ring (bicyclic) bond motifs is 7. The van der Waals surface area contributed by atoms with Crippen molar-refractivity contribution in [1.29, 1.82) is 0 Å². The Bertz CT molecular complexity index is 2120. The van der Waals surface area contributed by atoms with E-state index in [0.717, 1.165) is 60.9 Å². The second-order valence-corrected chi connectivity index (χ2v) is 9.11. The molecule has 0 aliphatic rings. The summed E-state index contributed by atoms with van der Waals surface area (Å²) in [5.41, 5.74) is 4.99. The van der Waals surface area contributed by atoms with Gasteiger partial charge < -0.3 is 8.83 Å². The summed E-state index contributed by atoms with van der Waals surface area (Å²) in [5, 5.41) is 6.34. The Labute approximate surface area is 211 Å². The summed E-state index contributed by atoms with van der Waals surface area (Å²) in [6.45, 7) is 0. The van der Waals surface area contributed by atoms with Crippen molar-refractivity contribution in [3.63, 3.8) is 0 Å². The van der Waals surface area contributed by atoms with Crippen molar-refractivity contribution >= 4 is 72.0 Å². The number of nitrogens with zero attached hydrogens (tertiary/aromatic N) is 3. The highest BCUT2D eigenvalue weighted by Crippen LogP contribution is 2.43. The van der Waals surface area contributed by atoms with Crippen LogP contribution in [0.25, 0.3) is 54.8 Å². The molecule has 0 saturated carbocycles. The zero-order valence-electron chi connectivity index (χ0n) is 19.6. The van der Waals surface area contributed by atoms with Crippen LogP contribution in [0.3, 0.4) is 0 Å². The first-order valence-electron chi connectivity index (χ1n) is 12.2. The predicted molar refractivity (Wildman–Crippen MR) is 149 cm³/mol. The largest absolute Gasteiger partial charge is 0.456 e. The van der Waals surface area contributed by atoms with Crippen molar-refractivity contribution in [2.24, 2.45) is 0 Å². The number of hydrogen-bond donors (Lipinski definition) is 0. The van der Waals surface area contributed by atoms with Gasteiger partial charge in [0, 0.05) is 34.9 Å². The third kappa shape index (κ3) is 3.04. The third-order valence-electron chi connectivity index (χ3n) is 6.96. The van der Waals surface area contributed by atoms with Crippen LogP contribution in [0.15, 0.2) is 124 Å². The van der Waals surface area contributed by atoms with E-state index in [2.05, 4.69) is 64.5 Å². The molecule has 8 rings (SSSR count). The molecule has 0 spiro atoms. The molecule has 0 saturated heterocycles. The SMILES string of the molecule is c1ccc2cc(N(c3cc4oc5ccccc5c4cn3)c3cccc4oc5ncccc5c34)ccc2c1. The smallest absolute Gasteiger partial charge is 0.227 e. The van der Waals surface area contributed by atoms with Gasteiger partial charge >= 0.3 is 0 Å². The average Bonchev–Trinajstić information content (AvgIpc) is 3.51. The van der Waals surface area contributed by atoms with E-state index in [4.69, 9.17) is 13.8 Å². The summed E-state index contributed by atoms with van der Waals surface area (Å²) >= 11 is 0. The van der Waals surface area contributed by atoms with E-state index in [0.29, 0.717) is 5.71 Å². The lowest BCUT2D eigenvalue weighted by Crippen LogP contribution is -2.11. The molecule has 0 bridgehead atoms. The van der Waals surface area contributed by atoms with Crippen molar-refractivity contribution in [3.8, 4) is 0 Å². The molecule has 0 N–H and O–H groups in total. The summed E-state index contributed by atoms with van der Waals surface area (Å²) in [7, 11) is 0. The second-order valence-electron chi connectivity index (χ2n) is 9.11. The Morgan fingerprint density at radius 3 is 2.38 bits per heavy atom. The first kappa shape index (κ1) is 20.1. The minimum atomic E-state index is 0.615. The molecule has 5 heteroatoms. The zero-order valence-corrected chi connectivity index (χ0v) is 19.6. The van der Waals surface area contributed by atoms with E-state index >= 15 is 0 Å². The van der Waals surface area contributed by atoms with Gasteiger partial charge in [0.1, 0.15) is 22.6 Å². The number of aromatic nitrogens is 2. The Morgan fingerprint density at radius 2 is 1.41 bits per heavy atom. The summed E-state index contributed by atoms with van der Waals surface area (Å²) in [6, 6.07) is 35.0.